The van der Waals surface area contributed by atoms with Crippen molar-refractivity contribution in [1.29, 1.82) is 0 Å². The van der Waals surface area contributed by atoms with Gasteiger partial charge in [0, 0.05) is 19.1 Å². The summed E-state index contributed by atoms with van der Waals surface area (Å²) >= 11 is 6.48. The summed E-state index contributed by atoms with van der Waals surface area (Å²) in [6.45, 7) is 1.40. The van der Waals surface area contributed by atoms with Crippen molar-refractivity contribution in [3.8, 4) is 0 Å². The van der Waals surface area contributed by atoms with Crippen LogP contribution in [-0.4, -0.2) is 58.6 Å². The van der Waals surface area contributed by atoms with Crippen LogP contribution in [0.1, 0.15) is 38.5 Å². The van der Waals surface area contributed by atoms with E-state index in [1.165, 1.54) is 11.8 Å². The summed E-state index contributed by atoms with van der Waals surface area (Å²) in [5, 5.41) is 4.90. The van der Waals surface area contributed by atoms with E-state index >= 15 is 0 Å². The highest BCUT2D eigenvalue weighted by Gasteiger charge is 2.19. The molecule has 1 aliphatic carbocycles. The quantitative estimate of drug-likeness (QED) is 0.556. The van der Waals surface area contributed by atoms with Crippen LogP contribution in [0.3, 0.4) is 0 Å². The van der Waals surface area contributed by atoms with E-state index in [2.05, 4.69) is 15.5 Å². The number of nitrogens with one attached hydrogen (secondary N) is 2. The van der Waals surface area contributed by atoms with Crippen molar-refractivity contribution in [2.24, 2.45) is 0 Å². The molecule has 0 radical (unpaired) electrons. The average Bonchev–Trinajstić information content (AvgIpc) is 3.23. The Kier molecular flexibility index (Phi) is 7.77. The number of nitrogens with zero attached hydrogens (tertiary/aromatic N) is 1. The predicted octanol–water partition coefficient (Wildman–Crippen LogP) is 1.41. The fourth-order valence-electron chi connectivity index (χ4n) is 2.75. The number of carbonyl (C=O) groups excluding carboxylic acids is 3. The van der Waals surface area contributed by atoms with Gasteiger partial charge in [-0.15, -0.1) is 0 Å². The first-order valence-electron chi connectivity index (χ1n) is 8.22. The van der Waals surface area contributed by atoms with E-state index in [9.17, 15) is 14.4 Å². The number of thioether (sulfide) groups is 1. The Labute approximate surface area is 151 Å². The number of thiocarbonyl (C=S) groups is 1. The topological polar surface area (TPSA) is 87.7 Å². The van der Waals surface area contributed by atoms with Crippen LogP contribution >= 0.6 is 24.0 Å². The second-order valence-electron chi connectivity index (χ2n) is 5.91. The van der Waals surface area contributed by atoms with Crippen LogP contribution in [-0.2, 0) is 14.3 Å². The van der Waals surface area contributed by atoms with E-state index in [0.717, 1.165) is 51.6 Å². The number of esters is 1. The zero-order chi connectivity index (χ0) is 17.4. The Morgan fingerprint density at radius 2 is 1.79 bits per heavy atom. The second-order valence-corrected chi connectivity index (χ2v) is 7.52. The van der Waals surface area contributed by atoms with E-state index in [-0.39, 0.29) is 11.8 Å². The lowest BCUT2D eigenvalue weighted by Crippen LogP contribution is -2.45. The van der Waals surface area contributed by atoms with E-state index in [1.54, 1.807) is 0 Å². The highest BCUT2D eigenvalue weighted by Crippen LogP contribution is 2.17. The Morgan fingerprint density at radius 1 is 1.12 bits per heavy atom. The SMILES string of the molecule is O=C(COC(=O)CSC(=S)N1CCCC1)NC(=O)NC1CCCC1. The molecule has 9 heteroatoms. The summed E-state index contributed by atoms with van der Waals surface area (Å²) in [5.74, 6) is -1.09. The molecule has 2 fully saturated rings. The van der Waals surface area contributed by atoms with Crippen LogP contribution < -0.4 is 10.6 Å². The van der Waals surface area contributed by atoms with Crippen molar-refractivity contribution in [1.82, 2.24) is 15.5 Å². The number of hydrogen-bond acceptors (Lipinski definition) is 6. The van der Waals surface area contributed by atoms with Gasteiger partial charge in [-0.2, -0.15) is 0 Å². The van der Waals surface area contributed by atoms with E-state index in [4.69, 9.17) is 17.0 Å². The standard InChI is InChI=1S/C15H23N3O4S2/c19-12(17-14(21)16-11-5-1-2-6-11)9-22-13(20)10-24-15(23)18-7-3-4-8-18/h11H,1-10H2,(H2,16,17,19,21). The molecule has 0 spiro atoms. The number of imide groups is 1. The van der Waals surface area contributed by atoms with Gasteiger partial charge in [-0.1, -0.05) is 36.8 Å². The summed E-state index contributed by atoms with van der Waals surface area (Å²) < 4.78 is 5.54. The van der Waals surface area contributed by atoms with Gasteiger partial charge in [0.05, 0.1) is 5.75 Å². The lowest BCUT2D eigenvalue weighted by molar-refractivity contribution is -0.145. The number of carbonyl (C=O) groups is 3. The number of urea groups is 1. The Morgan fingerprint density at radius 3 is 2.46 bits per heavy atom. The van der Waals surface area contributed by atoms with E-state index < -0.39 is 24.5 Å². The average molecular weight is 374 g/mol. The molecule has 7 nitrogen and oxygen atoms in total. The first-order valence-corrected chi connectivity index (χ1v) is 9.61. The molecule has 24 heavy (non-hydrogen) atoms. The number of hydrogen-bond donors (Lipinski definition) is 2. The molecule has 2 N–H and O–H groups in total. The molecule has 1 aliphatic heterocycles. The highest BCUT2D eigenvalue weighted by atomic mass is 32.2. The zero-order valence-corrected chi connectivity index (χ0v) is 15.2. The highest BCUT2D eigenvalue weighted by molar-refractivity contribution is 8.23. The van der Waals surface area contributed by atoms with Crippen molar-refractivity contribution >= 4 is 46.2 Å². The van der Waals surface area contributed by atoms with Crippen LogP contribution in [0.25, 0.3) is 0 Å². The van der Waals surface area contributed by atoms with Crippen molar-refractivity contribution in [3.05, 3.63) is 0 Å². The van der Waals surface area contributed by atoms with Gasteiger partial charge in [0.15, 0.2) is 6.61 Å². The van der Waals surface area contributed by atoms with Gasteiger partial charge in [-0.3, -0.25) is 14.9 Å². The number of rotatable bonds is 5. The molecule has 0 unspecified atom stereocenters. The molecule has 134 valence electrons. The Bertz CT molecular complexity index is 489. The van der Waals surface area contributed by atoms with Crippen molar-refractivity contribution in [2.45, 2.75) is 44.6 Å². The van der Waals surface area contributed by atoms with Crippen LogP contribution in [0.5, 0.6) is 0 Å². The minimum Gasteiger partial charge on any atom is -0.455 e. The summed E-state index contributed by atoms with van der Waals surface area (Å²) in [6.07, 6.45) is 6.29. The molecular formula is C15H23N3O4S2. The maximum atomic E-state index is 11.6. The molecule has 2 rings (SSSR count). The Hall–Kier alpha value is -1.35. The lowest BCUT2D eigenvalue weighted by Gasteiger charge is -2.17. The molecule has 1 saturated carbocycles. The van der Waals surface area contributed by atoms with Gasteiger partial charge in [0.25, 0.3) is 5.91 Å². The Balaban J connectivity index is 1.55. The number of ether oxygens (including phenoxy) is 1. The van der Waals surface area contributed by atoms with Crippen LogP contribution in [0.15, 0.2) is 0 Å². The summed E-state index contributed by atoms with van der Waals surface area (Å²) in [7, 11) is 0. The van der Waals surface area contributed by atoms with Crippen molar-refractivity contribution < 1.29 is 19.1 Å². The van der Waals surface area contributed by atoms with Crippen LogP contribution in [0.4, 0.5) is 4.79 Å². The normalized spacial score (nSPS) is 17.6. The molecule has 1 saturated heterocycles. The van der Waals surface area contributed by atoms with Crippen molar-refractivity contribution in [2.75, 3.05) is 25.4 Å². The third-order valence-corrected chi connectivity index (χ3v) is 5.48. The molecule has 0 aromatic rings. The molecule has 1 heterocycles. The number of likely N-dealkylation sites (tertiary alicyclic amines) is 1. The van der Waals surface area contributed by atoms with Gasteiger partial charge in [-0.05, 0) is 25.7 Å². The second kappa shape index (κ2) is 9.83. The molecule has 0 bridgehead atoms. The van der Waals surface area contributed by atoms with Gasteiger partial charge in [0.1, 0.15) is 4.32 Å². The first-order chi connectivity index (χ1) is 11.5. The summed E-state index contributed by atoms with van der Waals surface area (Å²) in [6, 6.07) is -0.407. The van der Waals surface area contributed by atoms with Crippen molar-refractivity contribution in [3.63, 3.8) is 0 Å². The largest absolute Gasteiger partial charge is 0.455 e. The summed E-state index contributed by atoms with van der Waals surface area (Å²) in [5.41, 5.74) is 0. The van der Waals surface area contributed by atoms with Gasteiger partial charge < -0.3 is 15.0 Å². The van der Waals surface area contributed by atoms with E-state index in [0.29, 0.717) is 4.32 Å². The third-order valence-electron chi connectivity index (χ3n) is 3.99. The molecule has 0 atom stereocenters. The molecule has 3 amide bonds. The number of amides is 3. The molecule has 0 aromatic heterocycles. The van der Waals surface area contributed by atoms with Gasteiger partial charge in [-0.25, -0.2) is 4.79 Å². The first kappa shape index (κ1) is 19.0. The molecule has 2 aliphatic rings. The van der Waals surface area contributed by atoms with Gasteiger partial charge >= 0.3 is 12.0 Å². The predicted molar refractivity (Wildman–Crippen MR) is 95.8 cm³/mol. The lowest BCUT2D eigenvalue weighted by atomic mass is 10.2. The smallest absolute Gasteiger partial charge is 0.321 e. The maximum absolute atomic E-state index is 11.6. The van der Waals surface area contributed by atoms with Crippen LogP contribution in [0.2, 0.25) is 0 Å². The van der Waals surface area contributed by atoms with Crippen LogP contribution in [0, 0.1) is 0 Å². The summed E-state index contributed by atoms with van der Waals surface area (Å²) in [4.78, 5) is 36.9. The minimum atomic E-state index is -0.633. The maximum Gasteiger partial charge on any atom is 0.321 e. The van der Waals surface area contributed by atoms with Gasteiger partial charge in [0.2, 0.25) is 0 Å². The fourth-order valence-corrected chi connectivity index (χ4v) is 3.80. The van der Waals surface area contributed by atoms with E-state index in [1.807, 2.05) is 0 Å². The third kappa shape index (κ3) is 6.64. The minimum absolute atomic E-state index is 0.0664. The molecule has 0 aromatic carbocycles. The zero-order valence-electron chi connectivity index (χ0n) is 13.5. The fraction of sp³-hybridized carbons (Fsp3) is 0.733. The monoisotopic (exact) mass is 373 g/mol. The molecular weight excluding hydrogens is 350 g/mol.